The van der Waals surface area contributed by atoms with E-state index in [9.17, 15) is 0 Å². The summed E-state index contributed by atoms with van der Waals surface area (Å²) >= 11 is 0. The molecule has 2 heterocycles. The standard InChI is InChI=1S/C16H19N5O/c17-16(19-22)13-6-7-18-15(12-13)21-10-8-20(9-11-21)14-4-2-1-3-5-14/h1-7,12,22H,8-11H2,(H2,17,19). The molecule has 22 heavy (non-hydrogen) atoms. The van der Waals surface area contributed by atoms with E-state index in [1.54, 1.807) is 12.3 Å². The fraction of sp³-hybridized carbons (Fsp3) is 0.250. The van der Waals surface area contributed by atoms with Gasteiger partial charge in [0.15, 0.2) is 5.84 Å². The van der Waals surface area contributed by atoms with Gasteiger partial charge in [0.25, 0.3) is 0 Å². The number of para-hydroxylation sites is 1. The highest BCUT2D eigenvalue weighted by molar-refractivity contribution is 5.97. The van der Waals surface area contributed by atoms with Crippen molar-refractivity contribution >= 4 is 17.3 Å². The Labute approximate surface area is 129 Å². The summed E-state index contributed by atoms with van der Waals surface area (Å²) in [6.45, 7) is 3.67. The summed E-state index contributed by atoms with van der Waals surface area (Å²) in [5.74, 6) is 0.961. The Balaban J connectivity index is 1.69. The Morgan fingerprint density at radius 3 is 2.41 bits per heavy atom. The van der Waals surface area contributed by atoms with Gasteiger partial charge in [0, 0.05) is 43.6 Å². The minimum Gasteiger partial charge on any atom is -0.409 e. The van der Waals surface area contributed by atoms with Crippen LogP contribution in [0.15, 0.2) is 53.8 Å². The van der Waals surface area contributed by atoms with Gasteiger partial charge in [-0.25, -0.2) is 4.98 Å². The predicted octanol–water partition coefficient (Wildman–Crippen LogP) is 1.50. The van der Waals surface area contributed by atoms with Crippen molar-refractivity contribution in [2.45, 2.75) is 0 Å². The molecule has 1 fully saturated rings. The largest absolute Gasteiger partial charge is 0.409 e. The minimum absolute atomic E-state index is 0.103. The summed E-state index contributed by atoms with van der Waals surface area (Å²) in [5.41, 5.74) is 7.57. The fourth-order valence-electron chi connectivity index (χ4n) is 2.64. The Kier molecular flexibility index (Phi) is 4.09. The number of anilines is 2. The van der Waals surface area contributed by atoms with E-state index >= 15 is 0 Å². The lowest BCUT2D eigenvalue weighted by Gasteiger charge is -2.36. The number of pyridine rings is 1. The zero-order chi connectivity index (χ0) is 15.4. The van der Waals surface area contributed by atoms with Gasteiger partial charge in [-0.3, -0.25) is 0 Å². The topological polar surface area (TPSA) is 78.0 Å². The number of nitrogens with zero attached hydrogens (tertiary/aromatic N) is 4. The molecule has 1 aromatic carbocycles. The number of nitrogens with two attached hydrogens (primary N) is 1. The molecule has 3 rings (SSSR count). The highest BCUT2D eigenvalue weighted by Crippen LogP contribution is 2.19. The second-order valence-electron chi connectivity index (χ2n) is 5.20. The van der Waals surface area contributed by atoms with E-state index in [0.29, 0.717) is 5.56 Å². The average Bonchev–Trinajstić information content (AvgIpc) is 2.62. The summed E-state index contributed by atoms with van der Waals surface area (Å²) in [6.07, 6.45) is 1.69. The Morgan fingerprint density at radius 1 is 1.05 bits per heavy atom. The molecule has 1 aromatic heterocycles. The van der Waals surface area contributed by atoms with Gasteiger partial charge in [-0.15, -0.1) is 0 Å². The van der Waals surface area contributed by atoms with Crippen molar-refractivity contribution in [1.82, 2.24) is 4.98 Å². The first-order chi connectivity index (χ1) is 10.8. The van der Waals surface area contributed by atoms with Crippen LogP contribution < -0.4 is 15.5 Å². The van der Waals surface area contributed by atoms with Gasteiger partial charge >= 0.3 is 0 Å². The predicted molar refractivity (Wildman–Crippen MR) is 87.6 cm³/mol. The lowest BCUT2D eigenvalue weighted by Crippen LogP contribution is -2.46. The van der Waals surface area contributed by atoms with Gasteiger partial charge < -0.3 is 20.7 Å². The van der Waals surface area contributed by atoms with Crippen molar-refractivity contribution in [2.75, 3.05) is 36.0 Å². The van der Waals surface area contributed by atoms with Gasteiger partial charge in [0.2, 0.25) is 0 Å². The molecule has 0 saturated carbocycles. The van der Waals surface area contributed by atoms with Gasteiger partial charge in [-0.2, -0.15) is 0 Å². The minimum atomic E-state index is 0.103. The molecule has 1 aliphatic rings. The molecule has 6 nitrogen and oxygen atoms in total. The number of oxime groups is 1. The molecule has 0 bridgehead atoms. The van der Waals surface area contributed by atoms with E-state index in [-0.39, 0.29) is 5.84 Å². The first kappa shape index (κ1) is 14.2. The Morgan fingerprint density at radius 2 is 1.73 bits per heavy atom. The third kappa shape index (κ3) is 2.95. The van der Waals surface area contributed by atoms with Gasteiger partial charge in [0.1, 0.15) is 5.82 Å². The van der Waals surface area contributed by atoms with Crippen LogP contribution in [0.1, 0.15) is 5.56 Å². The first-order valence-electron chi connectivity index (χ1n) is 7.27. The molecule has 2 aromatic rings. The highest BCUT2D eigenvalue weighted by atomic mass is 16.4. The zero-order valence-electron chi connectivity index (χ0n) is 12.3. The second kappa shape index (κ2) is 6.34. The normalized spacial score (nSPS) is 15.9. The maximum atomic E-state index is 8.77. The third-order valence-electron chi connectivity index (χ3n) is 3.87. The molecular weight excluding hydrogens is 278 g/mol. The van der Waals surface area contributed by atoms with Crippen molar-refractivity contribution in [3.05, 3.63) is 54.2 Å². The van der Waals surface area contributed by atoms with E-state index in [2.05, 4.69) is 44.2 Å². The number of amidine groups is 1. The van der Waals surface area contributed by atoms with E-state index in [1.165, 1.54) is 5.69 Å². The summed E-state index contributed by atoms with van der Waals surface area (Å²) < 4.78 is 0. The van der Waals surface area contributed by atoms with E-state index in [4.69, 9.17) is 10.9 Å². The monoisotopic (exact) mass is 297 g/mol. The van der Waals surface area contributed by atoms with Crippen LogP contribution in [0.3, 0.4) is 0 Å². The second-order valence-corrected chi connectivity index (χ2v) is 5.20. The molecule has 1 saturated heterocycles. The molecule has 0 spiro atoms. The number of aromatic nitrogens is 1. The number of hydrogen-bond acceptors (Lipinski definition) is 5. The number of hydrogen-bond donors (Lipinski definition) is 2. The van der Waals surface area contributed by atoms with Crippen LogP contribution in [0.2, 0.25) is 0 Å². The lowest BCUT2D eigenvalue weighted by atomic mass is 10.2. The molecule has 114 valence electrons. The van der Waals surface area contributed by atoms with Crippen LogP contribution in [-0.2, 0) is 0 Å². The Bertz CT molecular complexity index is 651. The van der Waals surface area contributed by atoms with E-state index < -0.39 is 0 Å². The van der Waals surface area contributed by atoms with Gasteiger partial charge in [-0.1, -0.05) is 23.4 Å². The summed E-state index contributed by atoms with van der Waals surface area (Å²) in [7, 11) is 0. The van der Waals surface area contributed by atoms with Crippen molar-refractivity contribution < 1.29 is 5.21 Å². The fourth-order valence-corrected chi connectivity index (χ4v) is 2.64. The molecule has 0 amide bonds. The summed E-state index contributed by atoms with van der Waals surface area (Å²) in [4.78, 5) is 8.97. The SMILES string of the molecule is N/C(=N\O)c1ccnc(N2CCN(c3ccccc3)CC2)c1. The van der Waals surface area contributed by atoms with Crippen molar-refractivity contribution in [2.24, 2.45) is 10.9 Å². The van der Waals surface area contributed by atoms with Gasteiger partial charge in [0.05, 0.1) is 0 Å². The van der Waals surface area contributed by atoms with E-state index in [0.717, 1.165) is 32.0 Å². The molecule has 0 atom stereocenters. The number of piperazine rings is 1. The smallest absolute Gasteiger partial charge is 0.170 e. The maximum Gasteiger partial charge on any atom is 0.170 e. The summed E-state index contributed by atoms with van der Waals surface area (Å²) in [6, 6.07) is 14.0. The molecular formula is C16H19N5O. The van der Waals surface area contributed by atoms with Crippen LogP contribution in [-0.4, -0.2) is 42.2 Å². The van der Waals surface area contributed by atoms with E-state index in [1.807, 2.05) is 12.1 Å². The average molecular weight is 297 g/mol. The van der Waals surface area contributed by atoms with Crippen molar-refractivity contribution in [3.8, 4) is 0 Å². The maximum absolute atomic E-state index is 8.77. The Hall–Kier alpha value is -2.76. The number of benzene rings is 1. The van der Waals surface area contributed by atoms with Crippen LogP contribution in [0.4, 0.5) is 11.5 Å². The van der Waals surface area contributed by atoms with Crippen LogP contribution in [0, 0.1) is 0 Å². The number of rotatable bonds is 3. The van der Waals surface area contributed by atoms with Gasteiger partial charge in [-0.05, 0) is 24.3 Å². The lowest BCUT2D eigenvalue weighted by molar-refractivity contribution is 0.318. The van der Waals surface area contributed by atoms with Crippen molar-refractivity contribution in [3.63, 3.8) is 0 Å². The van der Waals surface area contributed by atoms with Crippen LogP contribution in [0.25, 0.3) is 0 Å². The first-order valence-corrected chi connectivity index (χ1v) is 7.27. The molecule has 6 heteroatoms. The van der Waals surface area contributed by atoms with Crippen LogP contribution >= 0.6 is 0 Å². The highest BCUT2D eigenvalue weighted by Gasteiger charge is 2.18. The molecule has 0 aliphatic carbocycles. The quantitative estimate of drug-likeness (QED) is 0.388. The zero-order valence-corrected chi connectivity index (χ0v) is 12.3. The molecule has 0 radical (unpaired) electrons. The third-order valence-corrected chi connectivity index (χ3v) is 3.87. The van der Waals surface area contributed by atoms with Crippen molar-refractivity contribution in [1.29, 1.82) is 0 Å². The molecule has 3 N–H and O–H groups in total. The van der Waals surface area contributed by atoms with Crippen LogP contribution in [0.5, 0.6) is 0 Å². The summed E-state index contributed by atoms with van der Waals surface area (Å²) in [5, 5.41) is 11.8. The molecule has 1 aliphatic heterocycles. The molecule has 0 unspecified atom stereocenters.